The first kappa shape index (κ1) is 21.1. The largest absolute Gasteiger partial charge is 0.507 e. The highest BCUT2D eigenvalue weighted by Crippen LogP contribution is 2.28. The van der Waals surface area contributed by atoms with E-state index in [1.165, 1.54) is 25.1 Å². The maximum Gasteiger partial charge on any atom is 0.257 e. The van der Waals surface area contributed by atoms with Gasteiger partial charge in [-0.05, 0) is 25.0 Å². The Balaban J connectivity index is 1.69. The van der Waals surface area contributed by atoms with Crippen LogP contribution in [-0.2, 0) is 14.3 Å². The molecule has 1 aromatic carbocycles. The van der Waals surface area contributed by atoms with Crippen LogP contribution in [0.25, 0.3) is 0 Å². The number of hydrogen-bond acceptors (Lipinski definition) is 6. The number of phenolic OH excluding ortho intramolecular Hbond substituents is 1. The molecule has 3 N–H and O–H groups in total. The average Bonchev–Trinajstić information content (AvgIpc) is 2.65. The number of carbonyl (C=O) groups is 4. The molecule has 0 atom stereocenters. The molecule has 0 radical (unpaired) electrons. The number of benzene rings is 1. The zero-order valence-electron chi connectivity index (χ0n) is 15.7. The summed E-state index contributed by atoms with van der Waals surface area (Å²) >= 11 is 0. The van der Waals surface area contributed by atoms with Gasteiger partial charge in [-0.3, -0.25) is 19.2 Å². The summed E-state index contributed by atoms with van der Waals surface area (Å²) in [6.07, 6.45) is 4.53. The van der Waals surface area contributed by atoms with Crippen LogP contribution in [0, 0.1) is 0 Å². The van der Waals surface area contributed by atoms with Crippen LogP contribution in [0.1, 0.15) is 53.3 Å². The quantitative estimate of drug-likeness (QED) is 0.522. The number of nitrogens with one attached hydrogen (secondary N) is 2. The molecule has 8 nitrogen and oxygen atoms in total. The average molecular weight is 388 g/mol. The number of ketones is 2. The second-order valence-electron chi connectivity index (χ2n) is 6.44. The first-order valence-electron chi connectivity index (χ1n) is 9.16. The van der Waals surface area contributed by atoms with Crippen LogP contribution in [0.2, 0.25) is 0 Å². The lowest BCUT2D eigenvalue weighted by Gasteiger charge is -2.16. The standard InChI is InChI=1S/C20H24N2O6/c1-13(23)21-9-4-2-3-5-10-22-18(26)12-28-17-11-16(25)19-14(20(17)27)7-6-8-15(19)24/h6-8,11,24H,2-5,9-10,12H2,1H3,(H,21,23)(H,22,26). The third kappa shape index (κ3) is 5.94. The van der Waals surface area contributed by atoms with Crippen molar-refractivity contribution in [1.82, 2.24) is 10.6 Å². The summed E-state index contributed by atoms with van der Waals surface area (Å²) in [4.78, 5) is 47.0. The Morgan fingerprint density at radius 1 is 1.04 bits per heavy atom. The van der Waals surface area contributed by atoms with Gasteiger partial charge < -0.3 is 20.5 Å². The molecule has 8 heteroatoms. The Morgan fingerprint density at radius 3 is 2.39 bits per heavy atom. The van der Waals surface area contributed by atoms with Gasteiger partial charge in [-0.15, -0.1) is 0 Å². The molecule has 1 aromatic rings. The molecule has 2 amide bonds. The van der Waals surface area contributed by atoms with E-state index in [0.29, 0.717) is 13.1 Å². The van der Waals surface area contributed by atoms with Gasteiger partial charge in [-0.25, -0.2) is 0 Å². The Morgan fingerprint density at radius 2 is 1.71 bits per heavy atom. The molecule has 150 valence electrons. The first-order chi connectivity index (χ1) is 13.4. The van der Waals surface area contributed by atoms with Crippen molar-refractivity contribution in [2.75, 3.05) is 19.7 Å². The van der Waals surface area contributed by atoms with Crippen LogP contribution >= 0.6 is 0 Å². The topological polar surface area (TPSA) is 122 Å². The number of phenols is 1. The lowest BCUT2D eigenvalue weighted by atomic mass is 9.93. The Labute approximate surface area is 162 Å². The predicted octanol–water partition coefficient (Wildman–Crippen LogP) is 1.48. The predicted molar refractivity (Wildman–Crippen MR) is 101 cm³/mol. The SMILES string of the molecule is CC(=O)NCCCCCCNC(=O)COC1=CC(=O)c2c(O)cccc2C1=O. The molecular formula is C20H24N2O6. The summed E-state index contributed by atoms with van der Waals surface area (Å²) in [5, 5.41) is 15.1. The molecule has 0 bridgehead atoms. The van der Waals surface area contributed by atoms with E-state index < -0.39 is 11.6 Å². The molecule has 0 saturated carbocycles. The molecule has 1 aliphatic rings. The number of carbonyl (C=O) groups excluding carboxylic acids is 4. The fraction of sp³-hybridized carbons (Fsp3) is 0.400. The lowest BCUT2D eigenvalue weighted by Crippen LogP contribution is -2.30. The third-order valence-corrected chi connectivity index (χ3v) is 4.18. The number of unbranched alkanes of at least 4 members (excludes halogenated alkanes) is 3. The van der Waals surface area contributed by atoms with E-state index >= 15 is 0 Å². The van der Waals surface area contributed by atoms with Crippen LogP contribution in [0.4, 0.5) is 0 Å². The molecule has 0 spiro atoms. The van der Waals surface area contributed by atoms with Crippen molar-refractivity contribution in [3.63, 3.8) is 0 Å². The number of hydrogen-bond donors (Lipinski definition) is 3. The number of Topliss-reactive ketones (excluding diaryl/α,β-unsaturated/α-hetero) is 1. The van der Waals surface area contributed by atoms with Gasteiger partial charge in [0.15, 0.2) is 18.1 Å². The van der Waals surface area contributed by atoms with Gasteiger partial charge in [0.25, 0.3) is 5.91 Å². The maximum absolute atomic E-state index is 12.3. The van der Waals surface area contributed by atoms with E-state index in [-0.39, 0.29) is 41.1 Å². The molecule has 2 rings (SSSR count). The van der Waals surface area contributed by atoms with E-state index in [2.05, 4.69) is 10.6 Å². The number of rotatable bonds is 10. The smallest absolute Gasteiger partial charge is 0.257 e. The van der Waals surface area contributed by atoms with Gasteiger partial charge in [0.1, 0.15) is 5.75 Å². The van der Waals surface area contributed by atoms with Crippen molar-refractivity contribution in [3.05, 3.63) is 41.2 Å². The molecule has 0 aliphatic heterocycles. The highest BCUT2D eigenvalue weighted by molar-refractivity contribution is 6.24. The summed E-state index contributed by atoms with van der Waals surface area (Å²) in [5.41, 5.74) is 0.00461. The van der Waals surface area contributed by atoms with Gasteiger partial charge in [0.2, 0.25) is 11.7 Å². The monoisotopic (exact) mass is 388 g/mol. The fourth-order valence-electron chi connectivity index (χ4n) is 2.78. The van der Waals surface area contributed by atoms with Gasteiger partial charge in [0.05, 0.1) is 5.56 Å². The van der Waals surface area contributed by atoms with E-state index in [4.69, 9.17) is 4.74 Å². The summed E-state index contributed by atoms with van der Waals surface area (Å²) in [6, 6.07) is 4.22. The molecule has 0 fully saturated rings. The van der Waals surface area contributed by atoms with Crippen molar-refractivity contribution in [3.8, 4) is 5.75 Å². The normalized spacial score (nSPS) is 12.8. The molecule has 0 unspecified atom stereocenters. The summed E-state index contributed by atoms with van der Waals surface area (Å²) in [6.45, 7) is 2.23. The van der Waals surface area contributed by atoms with E-state index in [1.807, 2.05) is 0 Å². The number of aromatic hydroxyl groups is 1. The molecule has 28 heavy (non-hydrogen) atoms. The second-order valence-corrected chi connectivity index (χ2v) is 6.44. The summed E-state index contributed by atoms with van der Waals surface area (Å²) in [5.74, 6) is -1.99. The Bertz CT molecular complexity index is 800. The van der Waals surface area contributed by atoms with Crippen molar-refractivity contribution in [2.45, 2.75) is 32.6 Å². The summed E-state index contributed by atoms with van der Waals surface area (Å²) < 4.78 is 5.21. The zero-order chi connectivity index (χ0) is 20.5. The van der Waals surface area contributed by atoms with Crippen molar-refractivity contribution >= 4 is 23.4 Å². The minimum Gasteiger partial charge on any atom is -0.507 e. The minimum absolute atomic E-state index is 0.0409. The van der Waals surface area contributed by atoms with Crippen LogP contribution in [-0.4, -0.2) is 48.2 Å². The molecule has 0 aromatic heterocycles. The Hall–Kier alpha value is -3.16. The molecular weight excluding hydrogens is 364 g/mol. The zero-order valence-corrected chi connectivity index (χ0v) is 15.7. The van der Waals surface area contributed by atoms with Gasteiger partial charge >= 0.3 is 0 Å². The third-order valence-electron chi connectivity index (χ3n) is 4.18. The first-order valence-corrected chi connectivity index (χ1v) is 9.16. The molecule has 0 heterocycles. The fourth-order valence-corrected chi connectivity index (χ4v) is 2.78. The second kappa shape index (κ2) is 10.2. The van der Waals surface area contributed by atoms with Crippen LogP contribution < -0.4 is 10.6 Å². The number of fused-ring (bicyclic) bond motifs is 1. The van der Waals surface area contributed by atoms with Crippen LogP contribution in [0.5, 0.6) is 5.75 Å². The Kier molecular flexibility index (Phi) is 7.74. The van der Waals surface area contributed by atoms with Gasteiger partial charge in [0, 0.05) is 31.7 Å². The summed E-state index contributed by atoms with van der Waals surface area (Å²) in [7, 11) is 0. The number of ether oxygens (including phenoxy) is 1. The van der Waals surface area contributed by atoms with E-state index in [0.717, 1.165) is 31.8 Å². The van der Waals surface area contributed by atoms with Crippen molar-refractivity contribution < 1.29 is 29.0 Å². The maximum atomic E-state index is 12.3. The molecule has 1 aliphatic carbocycles. The van der Waals surface area contributed by atoms with E-state index in [1.54, 1.807) is 0 Å². The van der Waals surface area contributed by atoms with Gasteiger partial charge in [-0.1, -0.05) is 18.9 Å². The van der Waals surface area contributed by atoms with Crippen molar-refractivity contribution in [1.29, 1.82) is 0 Å². The minimum atomic E-state index is -0.544. The highest BCUT2D eigenvalue weighted by atomic mass is 16.5. The van der Waals surface area contributed by atoms with E-state index in [9.17, 15) is 24.3 Å². The molecule has 0 saturated heterocycles. The van der Waals surface area contributed by atoms with Crippen LogP contribution in [0.3, 0.4) is 0 Å². The number of amides is 2. The lowest BCUT2D eigenvalue weighted by molar-refractivity contribution is -0.124. The number of allylic oxidation sites excluding steroid dienone is 2. The van der Waals surface area contributed by atoms with Gasteiger partial charge in [-0.2, -0.15) is 0 Å². The van der Waals surface area contributed by atoms with Crippen molar-refractivity contribution in [2.24, 2.45) is 0 Å². The van der Waals surface area contributed by atoms with Crippen LogP contribution in [0.15, 0.2) is 30.0 Å². The highest BCUT2D eigenvalue weighted by Gasteiger charge is 2.29.